The van der Waals surface area contributed by atoms with Crippen molar-refractivity contribution in [2.75, 3.05) is 58.8 Å². The zero-order valence-corrected chi connectivity index (χ0v) is 30.1. The number of pyridine rings is 1. The van der Waals surface area contributed by atoms with Gasteiger partial charge in [-0.15, -0.1) is 0 Å². The Kier molecular flexibility index (Phi) is 12.5. The monoisotopic (exact) mass is 753 g/mol. The summed E-state index contributed by atoms with van der Waals surface area (Å²) in [6.07, 6.45) is -4.75. The standard InChI is InChI=1S/C34H43N9O11/c1-19-8-11-42(24(44)15-35-2)16-22(19)41(5)29-20-9-12-43(30(20)38-18-37-29)33(50)39(3)13-14-40(4)34(51)52-17-21-23(7-6-10-36-21)53-32-27(47)25(45)26(46)28(54-32)31(48)49/h6-7,9-10,12,18-19,22,25-28,32,45-47H,8,11,13-17H2,1,3-5H3,(H,48,49)/t19-,22+,25+,26+,27-,28+,32-/m1/s1. The molecule has 0 unspecified atom stereocenters. The average Bonchev–Trinajstić information content (AvgIpc) is 3.60. The minimum Gasteiger partial charge on any atom is -0.479 e. The highest BCUT2D eigenvalue weighted by atomic mass is 16.7. The number of carbonyl (C=O) groups excluding carboxylic acids is 3. The molecule has 0 bridgehead atoms. The molecule has 3 aromatic rings. The maximum atomic E-state index is 13.5. The average molecular weight is 754 g/mol. The molecule has 3 aromatic heterocycles. The molecule has 20 nitrogen and oxygen atoms in total. The van der Waals surface area contributed by atoms with Crippen LogP contribution in [0.5, 0.6) is 5.75 Å². The van der Waals surface area contributed by atoms with E-state index in [0.29, 0.717) is 29.9 Å². The second-order valence-electron chi connectivity index (χ2n) is 13.2. The van der Waals surface area contributed by atoms with Crippen molar-refractivity contribution in [3.8, 4) is 5.75 Å². The summed E-state index contributed by atoms with van der Waals surface area (Å²) in [5.74, 6) is -0.978. The van der Waals surface area contributed by atoms with Gasteiger partial charge in [-0.05, 0) is 30.5 Å². The summed E-state index contributed by atoms with van der Waals surface area (Å²) in [4.78, 5) is 72.9. The van der Waals surface area contributed by atoms with E-state index in [0.717, 1.165) is 6.42 Å². The number of likely N-dealkylation sites (tertiary alicyclic amines) is 1. The van der Waals surface area contributed by atoms with Gasteiger partial charge in [0.25, 0.3) is 6.54 Å². The third-order valence-corrected chi connectivity index (χ3v) is 9.63. The van der Waals surface area contributed by atoms with Crippen molar-refractivity contribution in [1.29, 1.82) is 0 Å². The van der Waals surface area contributed by atoms with Crippen molar-refractivity contribution >= 4 is 40.9 Å². The van der Waals surface area contributed by atoms with Gasteiger partial charge in [-0.25, -0.2) is 30.9 Å². The largest absolute Gasteiger partial charge is 0.479 e. The van der Waals surface area contributed by atoms with E-state index < -0.39 is 55.4 Å². The fourth-order valence-electron chi connectivity index (χ4n) is 6.30. The van der Waals surface area contributed by atoms with Crippen LogP contribution in [0.4, 0.5) is 15.4 Å². The van der Waals surface area contributed by atoms with Crippen LogP contribution < -0.4 is 9.64 Å². The number of carbonyl (C=O) groups is 4. The molecule has 0 saturated carbocycles. The zero-order valence-electron chi connectivity index (χ0n) is 30.1. The predicted molar refractivity (Wildman–Crippen MR) is 187 cm³/mol. The van der Waals surface area contributed by atoms with E-state index in [2.05, 4.69) is 26.7 Å². The van der Waals surface area contributed by atoms with E-state index >= 15 is 0 Å². The minimum absolute atomic E-state index is 0.0332. The Morgan fingerprint density at radius 2 is 1.78 bits per heavy atom. The number of aliphatic carboxylic acids is 1. The summed E-state index contributed by atoms with van der Waals surface area (Å²) in [6, 6.07) is 4.15. The van der Waals surface area contributed by atoms with Crippen LogP contribution in [-0.4, -0.2) is 169 Å². The molecule has 0 radical (unpaired) electrons. The molecule has 2 saturated heterocycles. The molecule has 5 rings (SSSR count). The molecule has 2 aliphatic heterocycles. The van der Waals surface area contributed by atoms with Gasteiger partial charge < -0.3 is 59.1 Å². The molecule has 5 heterocycles. The lowest BCUT2D eigenvalue weighted by Crippen LogP contribution is -2.61. The zero-order chi connectivity index (χ0) is 39.3. The van der Waals surface area contributed by atoms with E-state index in [1.807, 2.05) is 11.9 Å². The number of fused-ring (bicyclic) bond motifs is 1. The quantitative estimate of drug-likeness (QED) is 0.187. The third kappa shape index (κ3) is 8.44. The Labute approximate surface area is 309 Å². The van der Waals surface area contributed by atoms with Crippen molar-refractivity contribution in [1.82, 2.24) is 34.2 Å². The van der Waals surface area contributed by atoms with Crippen LogP contribution in [0.25, 0.3) is 15.9 Å². The molecule has 0 spiro atoms. The third-order valence-electron chi connectivity index (χ3n) is 9.63. The molecule has 54 heavy (non-hydrogen) atoms. The van der Waals surface area contributed by atoms with Crippen molar-refractivity contribution in [3.05, 3.63) is 54.0 Å². The number of ether oxygens (including phenoxy) is 3. The number of hydrogen-bond donors (Lipinski definition) is 4. The lowest BCUT2D eigenvalue weighted by Gasteiger charge is -2.41. The van der Waals surface area contributed by atoms with E-state index in [-0.39, 0.29) is 48.9 Å². The second-order valence-corrected chi connectivity index (χ2v) is 13.2. The van der Waals surface area contributed by atoms with Gasteiger partial charge in [0, 0.05) is 59.7 Å². The molecular formula is C34H43N9O11. The number of amides is 3. The van der Waals surface area contributed by atoms with E-state index in [1.54, 1.807) is 24.2 Å². The number of aromatic nitrogens is 4. The number of piperidine rings is 1. The molecule has 2 aliphatic rings. The first-order valence-corrected chi connectivity index (χ1v) is 17.1. The Balaban J connectivity index is 1.17. The van der Waals surface area contributed by atoms with E-state index in [9.17, 15) is 39.6 Å². The topological polar surface area (TPSA) is 238 Å². The molecule has 0 aromatic carbocycles. The summed E-state index contributed by atoms with van der Waals surface area (Å²) in [6.45, 7) is 9.79. The lowest BCUT2D eigenvalue weighted by atomic mass is 9.92. The first-order chi connectivity index (χ1) is 25.7. The van der Waals surface area contributed by atoms with Gasteiger partial charge in [0.1, 0.15) is 48.5 Å². The number of aliphatic hydroxyl groups excluding tert-OH is 3. The maximum Gasteiger partial charge on any atom is 0.409 e. The molecule has 290 valence electrons. The highest BCUT2D eigenvalue weighted by Gasteiger charge is 2.48. The summed E-state index contributed by atoms with van der Waals surface area (Å²) in [5, 5.41) is 40.3. The number of likely N-dealkylation sites (N-methyl/N-ethyl adjacent to an activating group) is 3. The molecule has 20 heteroatoms. The number of nitrogens with zero attached hydrogens (tertiary/aromatic N) is 9. The van der Waals surface area contributed by atoms with E-state index in [1.165, 1.54) is 46.1 Å². The van der Waals surface area contributed by atoms with Gasteiger partial charge in [0.05, 0.1) is 11.4 Å². The first-order valence-electron chi connectivity index (χ1n) is 17.1. The SMILES string of the molecule is [C-]#[N+]CC(=O)N1CC[C@@H](C)[C@@H](N(C)c2ncnc3c2ccn3C(=O)N(C)CCN(C)C(=O)OCc2ncccc2O[C@@H]2O[C@H](C(=O)O)[C@@H](O)[C@H](O)[C@H]2O)C1. The molecule has 3 amide bonds. The van der Waals surface area contributed by atoms with Gasteiger partial charge >= 0.3 is 24.0 Å². The number of aliphatic hydroxyl groups is 3. The molecule has 7 atom stereocenters. The van der Waals surface area contributed by atoms with Crippen LogP contribution in [0.2, 0.25) is 0 Å². The summed E-state index contributed by atoms with van der Waals surface area (Å²) >= 11 is 0. The van der Waals surface area contributed by atoms with Crippen molar-refractivity contribution < 1.29 is 53.8 Å². The number of rotatable bonds is 11. The Morgan fingerprint density at radius 3 is 2.50 bits per heavy atom. The number of hydrogen-bond acceptors (Lipinski definition) is 14. The van der Waals surface area contributed by atoms with Gasteiger partial charge in [0.15, 0.2) is 11.8 Å². The molecule has 4 N–H and O–H groups in total. The molecule has 0 aliphatic carbocycles. The number of carboxylic acids is 1. The highest BCUT2D eigenvalue weighted by Crippen LogP contribution is 2.30. The van der Waals surface area contributed by atoms with Crippen LogP contribution in [-0.2, 0) is 25.7 Å². The predicted octanol–water partition coefficient (Wildman–Crippen LogP) is -0.142. The van der Waals surface area contributed by atoms with Crippen LogP contribution in [0.1, 0.15) is 19.0 Å². The van der Waals surface area contributed by atoms with Gasteiger partial charge in [-0.1, -0.05) is 6.92 Å². The lowest BCUT2D eigenvalue weighted by molar-refractivity contribution is -0.271. The first kappa shape index (κ1) is 39.6. The number of carboxylic acid groups (broad SMARTS) is 1. The van der Waals surface area contributed by atoms with Crippen molar-refractivity contribution in [2.45, 2.75) is 56.7 Å². The van der Waals surface area contributed by atoms with Crippen LogP contribution in [0.15, 0.2) is 36.9 Å². The summed E-state index contributed by atoms with van der Waals surface area (Å²) in [5.41, 5.74) is 0.467. The molecule has 2 fully saturated rings. The minimum atomic E-state index is -1.90. The number of anilines is 1. The van der Waals surface area contributed by atoms with Gasteiger partial charge in [-0.2, -0.15) is 0 Å². The Hall–Kier alpha value is -5.62. The normalized spacial score (nSPS) is 24.0. The fraction of sp³-hybridized carbons (Fsp3) is 0.529. The van der Waals surface area contributed by atoms with Crippen molar-refractivity contribution in [2.24, 2.45) is 5.92 Å². The fourth-order valence-corrected chi connectivity index (χ4v) is 6.30. The Bertz CT molecular complexity index is 1890. The molecular weight excluding hydrogens is 710 g/mol. The van der Waals surface area contributed by atoms with Crippen LogP contribution in [0, 0.1) is 12.5 Å². The van der Waals surface area contributed by atoms with Crippen LogP contribution in [0.3, 0.4) is 0 Å². The maximum absolute atomic E-state index is 13.5. The Morgan fingerprint density at radius 1 is 1.04 bits per heavy atom. The van der Waals surface area contributed by atoms with Gasteiger partial charge in [-0.3, -0.25) is 14.3 Å². The van der Waals surface area contributed by atoms with Crippen molar-refractivity contribution in [3.63, 3.8) is 0 Å². The van der Waals surface area contributed by atoms with Gasteiger partial charge in [0.2, 0.25) is 6.29 Å². The summed E-state index contributed by atoms with van der Waals surface area (Å²) < 4.78 is 17.5. The smallest absolute Gasteiger partial charge is 0.409 e. The second kappa shape index (κ2) is 17.0. The summed E-state index contributed by atoms with van der Waals surface area (Å²) in [7, 11) is 4.94. The van der Waals surface area contributed by atoms with Crippen LogP contribution >= 0.6 is 0 Å². The highest BCUT2D eigenvalue weighted by molar-refractivity contribution is 5.95. The van der Waals surface area contributed by atoms with E-state index in [4.69, 9.17) is 20.8 Å².